The molecular formula is C19H20N2O5. The van der Waals surface area contributed by atoms with Crippen molar-refractivity contribution in [2.45, 2.75) is 26.8 Å². The molecule has 0 unspecified atom stereocenters. The Morgan fingerprint density at radius 3 is 2.77 bits per heavy atom. The average molecular weight is 356 g/mol. The van der Waals surface area contributed by atoms with Gasteiger partial charge in [-0.25, -0.2) is 4.79 Å². The highest BCUT2D eigenvalue weighted by molar-refractivity contribution is 5.96. The van der Waals surface area contributed by atoms with Gasteiger partial charge in [-0.1, -0.05) is 12.1 Å². The van der Waals surface area contributed by atoms with Crippen molar-refractivity contribution in [1.29, 1.82) is 0 Å². The molecular weight excluding hydrogens is 336 g/mol. The Kier molecular flexibility index (Phi) is 5.06. The van der Waals surface area contributed by atoms with E-state index in [0.29, 0.717) is 34.8 Å². The number of amides is 1. The zero-order chi connectivity index (χ0) is 18.7. The van der Waals surface area contributed by atoms with Gasteiger partial charge in [0.15, 0.2) is 0 Å². The van der Waals surface area contributed by atoms with Crippen LogP contribution in [0.5, 0.6) is 5.75 Å². The highest BCUT2D eigenvalue weighted by Gasteiger charge is 2.19. The van der Waals surface area contributed by atoms with Crippen LogP contribution in [-0.4, -0.2) is 29.6 Å². The summed E-state index contributed by atoms with van der Waals surface area (Å²) in [7, 11) is 1.59. The average Bonchev–Trinajstić information content (AvgIpc) is 3.03. The number of aromatic nitrogens is 1. The molecule has 0 fully saturated rings. The largest absolute Gasteiger partial charge is 0.493 e. The van der Waals surface area contributed by atoms with Crippen LogP contribution in [0.1, 0.15) is 35.2 Å². The number of carbonyl (C=O) groups is 1. The minimum Gasteiger partial charge on any atom is -0.493 e. The summed E-state index contributed by atoms with van der Waals surface area (Å²) in [6.45, 7) is 4.60. The van der Waals surface area contributed by atoms with Crippen LogP contribution in [0.15, 0.2) is 44.1 Å². The fourth-order valence-corrected chi connectivity index (χ4v) is 2.56. The Labute approximate surface area is 150 Å². The zero-order valence-electron chi connectivity index (χ0n) is 14.9. The number of ether oxygens (including phenoxy) is 1. The molecule has 0 aliphatic rings. The lowest BCUT2D eigenvalue weighted by Crippen LogP contribution is -2.30. The third-order valence-electron chi connectivity index (χ3n) is 3.83. The molecule has 0 N–H and O–H groups in total. The minimum absolute atomic E-state index is 0.0255. The van der Waals surface area contributed by atoms with E-state index in [1.165, 1.54) is 11.0 Å². The van der Waals surface area contributed by atoms with E-state index in [4.69, 9.17) is 13.7 Å². The monoisotopic (exact) mass is 356 g/mol. The number of hydrogen-bond donors (Lipinski definition) is 0. The Morgan fingerprint density at radius 2 is 2.08 bits per heavy atom. The molecule has 0 radical (unpaired) electrons. The lowest BCUT2D eigenvalue weighted by Gasteiger charge is -2.15. The Hall–Kier alpha value is -3.09. The van der Waals surface area contributed by atoms with Gasteiger partial charge < -0.3 is 18.6 Å². The predicted molar refractivity (Wildman–Crippen MR) is 95.3 cm³/mol. The Bertz CT molecular complexity index is 989. The molecule has 26 heavy (non-hydrogen) atoms. The first kappa shape index (κ1) is 17.7. The van der Waals surface area contributed by atoms with Gasteiger partial charge in [-0.3, -0.25) is 4.79 Å². The predicted octanol–water partition coefficient (Wildman–Crippen LogP) is 3.15. The van der Waals surface area contributed by atoms with E-state index in [0.717, 1.165) is 6.42 Å². The van der Waals surface area contributed by atoms with Crippen LogP contribution in [0.3, 0.4) is 0 Å². The van der Waals surface area contributed by atoms with Crippen molar-refractivity contribution >= 4 is 16.9 Å². The lowest BCUT2D eigenvalue weighted by atomic mass is 10.1. The molecule has 1 amide bonds. The van der Waals surface area contributed by atoms with Crippen LogP contribution in [0.2, 0.25) is 0 Å². The maximum atomic E-state index is 12.6. The van der Waals surface area contributed by atoms with Crippen molar-refractivity contribution in [2.24, 2.45) is 0 Å². The van der Waals surface area contributed by atoms with E-state index in [1.54, 1.807) is 38.2 Å². The molecule has 0 saturated heterocycles. The number of rotatable bonds is 6. The molecule has 0 saturated carbocycles. The van der Waals surface area contributed by atoms with Gasteiger partial charge in [0.2, 0.25) is 0 Å². The molecule has 2 aromatic heterocycles. The number of nitrogens with zero attached hydrogens (tertiary/aromatic N) is 2. The van der Waals surface area contributed by atoms with Gasteiger partial charge in [-0.2, -0.15) is 0 Å². The summed E-state index contributed by atoms with van der Waals surface area (Å²) < 4.78 is 15.8. The van der Waals surface area contributed by atoms with Crippen LogP contribution in [0.4, 0.5) is 0 Å². The number of benzene rings is 1. The summed E-state index contributed by atoms with van der Waals surface area (Å²) >= 11 is 0. The fourth-order valence-electron chi connectivity index (χ4n) is 2.56. The van der Waals surface area contributed by atoms with Crippen molar-refractivity contribution in [3.8, 4) is 5.75 Å². The highest BCUT2D eigenvalue weighted by Crippen LogP contribution is 2.21. The third-order valence-corrected chi connectivity index (χ3v) is 3.83. The molecule has 0 aliphatic heterocycles. The van der Waals surface area contributed by atoms with E-state index < -0.39 is 11.5 Å². The molecule has 0 spiro atoms. The van der Waals surface area contributed by atoms with Crippen molar-refractivity contribution in [1.82, 2.24) is 10.1 Å². The summed E-state index contributed by atoms with van der Waals surface area (Å²) in [4.78, 5) is 26.3. The molecule has 0 aliphatic carbocycles. The van der Waals surface area contributed by atoms with Crippen LogP contribution in [-0.2, 0) is 6.54 Å². The smallest absolute Gasteiger partial charge is 0.349 e. The molecule has 7 nitrogen and oxygen atoms in total. The molecule has 0 atom stereocenters. The Balaban J connectivity index is 1.85. The zero-order valence-corrected chi connectivity index (χ0v) is 14.9. The summed E-state index contributed by atoms with van der Waals surface area (Å²) in [5, 5.41) is 4.51. The Morgan fingerprint density at radius 1 is 1.27 bits per heavy atom. The number of fused-ring (bicyclic) bond motifs is 1. The summed E-state index contributed by atoms with van der Waals surface area (Å²) in [6, 6.07) is 8.49. The van der Waals surface area contributed by atoms with Crippen LogP contribution < -0.4 is 10.4 Å². The van der Waals surface area contributed by atoms with E-state index in [1.807, 2.05) is 6.92 Å². The fraction of sp³-hybridized carbons (Fsp3) is 0.316. The molecule has 3 aromatic rings. The van der Waals surface area contributed by atoms with Crippen LogP contribution >= 0.6 is 0 Å². The quantitative estimate of drug-likeness (QED) is 0.631. The van der Waals surface area contributed by atoms with E-state index >= 15 is 0 Å². The standard InChI is InChI=1S/C19H20N2O5/c1-4-7-24-15-6-5-13-9-16(19(23)25-17(13)10-15)18(22)21(3)11-14-8-12(2)26-20-14/h5-6,8-10H,4,7,11H2,1-3H3. The van der Waals surface area contributed by atoms with Gasteiger partial charge in [-0.05, 0) is 31.5 Å². The van der Waals surface area contributed by atoms with Gasteiger partial charge in [0.25, 0.3) is 5.91 Å². The third kappa shape index (κ3) is 3.77. The number of hydrogen-bond acceptors (Lipinski definition) is 6. The van der Waals surface area contributed by atoms with E-state index in [2.05, 4.69) is 5.16 Å². The maximum absolute atomic E-state index is 12.6. The molecule has 1 aromatic carbocycles. The van der Waals surface area contributed by atoms with Crippen molar-refractivity contribution in [3.63, 3.8) is 0 Å². The van der Waals surface area contributed by atoms with E-state index in [9.17, 15) is 9.59 Å². The van der Waals surface area contributed by atoms with Gasteiger partial charge in [0.1, 0.15) is 28.4 Å². The molecule has 3 rings (SSSR count). The van der Waals surface area contributed by atoms with Crippen molar-refractivity contribution in [2.75, 3.05) is 13.7 Å². The van der Waals surface area contributed by atoms with E-state index in [-0.39, 0.29) is 12.1 Å². The second kappa shape index (κ2) is 7.43. The molecule has 7 heteroatoms. The minimum atomic E-state index is -0.682. The molecule has 136 valence electrons. The maximum Gasteiger partial charge on any atom is 0.349 e. The second-order valence-electron chi connectivity index (χ2n) is 6.09. The number of aryl methyl sites for hydroxylation is 1. The van der Waals surface area contributed by atoms with Gasteiger partial charge >= 0.3 is 5.63 Å². The summed E-state index contributed by atoms with van der Waals surface area (Å²) in [5.41, 5.74) is 0.289. The molecule has 0 bridgehead atoms. The first-order valence-electron chi connectivity index (χ1n) is 8.36. The van der Waals surface area contributed by atoms with Crippen molar-refractivity contribution < 1.29 is 18.5 Å². The van der Waals surface area contributed by atoms with Gasteiger partial charge in [0.05, 0.1) is 13.2 Å². The second-order valence-corrected chi connectivity index (χ2v) is 6.09. The number of carbonyl (C=O) groups excluding carboxylic acids is 1. The molecule has 2 heterocycles. The normalized spacial score (nSPS) is 10.9. The van der Waals surface area contributed by atoms with Crippen LogP contribution in [0, 0.1) is 6.92 Å². The highest BCUT2D eigenvalue weighted by atomic mass is 16.5. The summed E-state index contributed by atoms with van der Waals surface area (Å²) in [6.07, 6.45) is 0.882. The van der Waals surface area contributed by atoms with Crippen molar-refractivity contribution in [3.05, 3.63) is 57.8 Å². The SMILES string of the molecule is CCCOc1ccc2cc(C(=O)N(C)Cc3cc(C)on3)c(=O)oc2c1. The topological polar surface area (TPSA) is 85.8 Å². The lowest BCUT2D eigenvalue weighted by molar-refractivity contribution is 0.0778. The van der Waals surface area contributed by atoms with Gasteiger partial charge in [-0.15, -0.1) is 0 Å². The first-order valence-corrected chi connectivity index (χ1v) is 8.36. The summed E-state index contributed by atoms with van der Waals surface area (Å²) in [5.74, 6) is 0.847. The van der Waals surface area contributed by atoms with Gasteiger partial charge in [0, 0.05) is 24.6 Å². The first-order chi connectivity index (χ1) is 12.5. The van der Waals surface area contributed by atoms with Crippen LogP contribution in [0.25, 0.3) is 11.0 Å².